The monoisotopic (exact) mass is 366 g/mol. The van der Waals surface area contributed by atoms with E-state index in [1.807, 2.05) is 0 Å². The van der Waals surface area contributed by atoms with Crippen molar-refractivity contribution in [2.45, 2.75) is 13.1 Å². The molecule has 2 heterocycles. The summed E-state index contributed by atoms with van der Waals surface area (Å²) in [7, 11) is 1.54. The fourth-order valence-corrected chi connectivity index (χ4v) is 3.08. The van der Waals surface area contributed by atoms with Crippen LogP contribution in [-0.4, -0.2) is 22.1 Å². The third kappa shape index (κ3) is 3.87. The minimum absolute atomic E-state index is 0.0268. The third-order valence-corrected chi connectivity index (χ3v) is 4.21. The van der Waals surface area contributed by atoms with Crippen molar-refractivity contribution >= 4 is 23.0 Å². The highest BCUT2D eigenvalue weighted by Crippen LogP contribution is 2.39. The summed E-state index contributed by atoms with van der Waals surface area (Å²) in [6, 6.07) is 8.49. The van der Waals surface area contributed by atoms with Crippen molar-refractivity contribution in [1.82, 2.24) is 15.0 Å². The van der Waals surface area contributed by atoms with Crippen molar-refractivity contribution in [3.05, 3.63) is 47.2 Å². The second-order valence-electron chi connectivity index (χ2n) is 5.03. The van der Waals surface area contributed by atoms with Crippen LogP contribution >= 0.6 is 11.3 Å². The fraction of sp³-hybridized carbons (Fsp3) is 0.188. The van der Waals surface area contributed by atoms with E-state index in [0.717, 1.165) is 11.3 Å². The van der Waals surface area contributed by atoms with E-state index in [1.54, 1.807) is 31.4 Å². The number of methoxy groups -OCH3 is 1. The first kappa shape index (κ1) is 17.2. The maximum absolute atomic E-state index is 13.1. The molecule has 130 valence electrons. The highest BCUT2D eigenvalue weighted by molar-refractivity contribution is 7.15. The van der Waals surface area contributed by atoms with Crippen LogP contribution in [-0.2, 0) is 6.18 Å². The Bertz CT molecular complexity index is 895. The summed E-state index contributed by atoms with van der Waals surface area (Å²) >= 11 is 0.946. The molecule has 1 aromatic carbocycles. The van der Waals surface area contributed by atoms with E-state index in [2.05, 4.69) is 20.3 Å². The van der Waals surface area contributed by atoms with E-state index in [1.165, 1.54) is 19.2 Å². The molecule has 0 spiro atoms. The molecule has 3 rings (SSSR count). The molecule has 0 atom stereocenters. The number of benzene rings is 1. The van der Waals surface area contributed by atoms with Crippen LogP contribution in [0.2, 0.25) is 0 Å². The number of halogens is 3. The molecule has 2 aromatic heterocycles. The van der Waals surface area contributed by atoms with Crippen molar-refractivity contribution in [1.29, 1.82) is 0 Å². The zero-order valence-electron chi connectivity index (χ0n) is 13.3. The first-order chi connectivity index (χ1) is 11.9. The van der Waals surface area contributed by atoms with Crippen LogP contribution < -0.4 is 10.1 Å². The summed E-state index contributed by atoms with van der Waals surface area (Å²) in [5.41, 5.74) is -0.104. The van der Waals surface area contributed by atoms with Gasteiger partial charge in [0.1, 0.15) is 5.75 Å². The molecule has 0 amide bonds. The first-order valence-corrected chi connectivity index (χ1v) is 7.97. The molecule has 0 aliphatic heterocycles. The van der Waals surface area contributed by atoms with Gasteiger partial charge in [0.25, 0.3) is 0 Å². The fourth-order valence-electron chi connectivity index (χ4n) is 2.17. The largest absolute Gasteiger partial charge is 0.497 e. The van der Waals surface area contributed by atoms with Gasteiger partial charge in [-0.05, 0) is 25.1 Å². The number of alkyl halides is 3. The molecule has 9 heteroatoms. The molecule has 1 N–H and O–H groups in total. The Morgan fingerprint density at radius 3 is 2.68 bits per heavy atom. The van der Waals surface area contributed by atoms with Crippen LogP contribution in [0.5, 0.6) is 5.75 Å². The molecule has 3 aromatic rings. The number of hydrogen-bond acceptors (Lipinski definition) is 6. The number of aryl methyl sites for hydroxylation is 1. The normalized spacial score (nSPS) is 11.4. The number of anilines is 2. The van der Waals surface area contributed by atoms with Gasteiger partial charge in [-0.15, -0.1) is 11.3 Å². The van der Waals surface area contributed by atoms with Gasteiger partial charge in [0, 0.05) is 18.0 Å². The summed E-state index contributed by atoms with van der Waals surface area (Å²) in [4.78, 5) is 11.8. The van der Waals surface area contributed by atoms with E-state index in [9.17, 15) is 13.2 Å². The minimum Gasteiger partial charge on any atom is -0.497 e. The van der Waals surface area contributed by atoms with Gasteiger partial charge in [-0.3, -0.25) is 0 Å². The number of hydrogen-bond donors (Lipinski definition) is 1. The van der Waals surface area contributed by atoms with Gasteiger partial charge in [0.05, 0.1) is 22.7 Å². The van der Waals surface area contributed by atoms with Crippen LogP contribution in [0.25, 0.3) is 10.6 Å². The standard InChI is InChI=1S/C16H13F3N4OS/c1-9-21-14(16(17,18)19)13(25-9)12-6-7-20-15(23-12)22-10-4-3-5-11(8-10)24-2/h3-8H,1-2H3,(H,20,22,23). The van der Waals surface area contributed by atoms with Crippen LogP contribution in [0, 0.1) is 6.92 Å². The predicted octanol–water partition coefficient (Wildman–Crippen LogP) is 4.68. The lowest BCUT2D eigenvalue weighted by molar-refractivity contribution is -0.140. The Morgan fingerprint density at radius 1 is 1.16 bits per heavy atom. The minimum atomic E-state index is -4.54. The molecule has 0 unspecified atom stereocenters. The maximum Gasteiger partial charge on any atom is 0.434 e. The number of rotatable bonds is 4. The number of aromatic nitrogens is 3. The second kappa shape index (κ2) is 6.67. The maximum atomic E-state index is 13.1. The molecule has 0 radical (unpaired) electrons. The molecule has 25 heavy (non-hydrogen) atoms. The molecule has 0 saturated heterocycles. The number of nitrogens with one attached hydrogen (secondary N) is 1. The van der Waals surface area contributed by atoms with E-state index in [0.29, 0.717) is 16.4 Å². The van der Waals surface area contributed by atoms with Crippen LogP contribution in [0.4, 0.5) is 24.8 Å². The number of nitrogens with zero attached hydrogens (tertiary/aromatic N) is 3. The van der Waals surface area contributed by atoms with Crippen molar-refractivity contribution in [2.75, 3.05) is 12.4 Å². The molecule has 0 bridgehead atoms. The van der Waals surface area contributed by atoms with Crippen molar-refractivity contribution in [3.8, 4) is 16.3 Å². The quantitative estimate of drug-likeness (QED) is 0.726. The topological polar surface area (TPSA) is 59.9 Å². The van der Waals surface area contributed by atoms with Gasteiger partial charge in [0.15, 0.2) is 5.69 Å². The predicted molar refractivity (Wildman–Crippen MR) is 89.2 cm³/mol. The van der Waals surface area contributed by atoms with Gasteiger partial charge >= 0.3 is 6.18 Å². The molecular weight excluding hydrogens is 353 g/mol. The van der Waals surface area contributed by atoms with E-state index in [4.69, 9.17) is 4.74 Å². The van der Waals surface area contributed by atoms with E-state index in [-0.39, 0.29) is 16.5 Å². The van der Waals surface area contributed by atoms with Crippen molar-refractivity contribution in [3.63, 3.8) is 0 Å². The Hall–Kier alpha value is -2.68. The molecular formula is C16H13F3N4OS. The van der Waals surface area contributed by atoms with Gasteiger partial charge in [-0.2, -0.15) is 13.2 Å². The molecule has 5 nitrogen and oxygen atoms in total. The lowest BCUT2D eigenvalue weighted by atomic mass is 10.2. The average Bonchev–Trinajstić information content (AvgIpc) is 2.98. The number of ether oxygens (including phenoxy) is 1. The Morgan fingerprint density at radius 2 is 1.96 bits per heavy atom. The van der Waals surface area contributed by atoms with Gasteiger partial charge in [-0.25, -0.2) is 15.0 Å². The summed E-state index contributed by atoms with van der Waals surface area (Å²) in [6.45, 7) is 1.53. The van der Waals surface area contributed by atoms with E-state index >= 15 is 0 Å². The zero-order chi connectivity index (χ0) is 18.0. The highest BCUT2D eigenvalue weighted by atomic mass is 32.1. The van der Waals surface area contributed by atoms with E-state index < -0.39 is 11.9 Å². The summed E-state index contributed by atoms with van der Waals surface area (Å²) in [5.74, 6) is 0.823. The number of thiazole rings is 1. The summed E-state index contributed by atoms with van der Waals surface area (Å²) in [6.07, 6.45) is -3.13. The second-order valence-corrected chi connectivity index (χ2v) is 6.23. The molecule has 0 saturated carbocycles. The van der Waals surface area contributed by atoms with Crippen LogP contribution in [0.1, 0.15) is 10.7 Å². The van der Waals surface area contributed by atoms with Gasteiger partial charge in [-0.1, -0.05) is 6.07 Å². The first-order valence-electron chi connectivity index (χ1n) is 7.16. The molecule has 0 aliphatic rings. The highest BCUT2D eigenvalue weighted by Gasteiger charge is 2.37. The lowest BCUT2D eigenvalue weighted by Gasteiger charge is -2.09. The summed E-state index contributed by atoms with van der Waals surface area (Å²) in [5, 5.41) is 3.28. The van der Waals surface area contributed by atoms with Crippen LogP contribution in [0.3, 0.4) is 0 Å². The molecule has 0 fully saturated rings. The van der Waals surface area contributed by atoms with Gasteiger partial charge in [0.2, 0.25) is 5.95 Å². The Balaban J connectivity index is 1.95. The summed E-state index contributed by atoms with van der Waals surface area (Å²) < 4.78 is 44.6. The van der Waals surface area contributed by atoms with Gasteiger partial charge < -0.3 is 10.1 Å². The van der Waals surface area contributed by atoms with Crippen molar-refractivity contribution < 1.29 is 17.9 Å². The third-order valence-electron chi connectivity index (χ3n) is 3.22. The molecule has 0 aliphatic carbocycles. The Labute approximate surface area is 145 Å². The Kier molecular flexibility index (Phi) is 4.58. The zero-order valence-corrected chi connectivity index (χ0v) is 14.1. The SMILES string of the molecule is COc1cccc(Nc2nccc(-c3sc(C)nc3C(F)(F)F)n2)c1. The average molecular weight is 366 g/mol. The lowest BCUT2D eigenvalue weighted by Crippen LogP contribution is -2.08. The smallest absolute Gasteiger partial charge is 0.434 e. The van der Waals surface area contributed by atoms with Crippen LogP contribution in [0.15, 0.2) is 36.5 Å². The van der Waals surface area contributed by atoms with Crippen molar-refractivity contribution in [2.24, 2.45) is 0 Å².